The molecule has 0 fully saturated rings. The van der Waals surface area contributed by atoms with Crippen molar-refractivity contribution in [3.8, 4) is 0 Å². The van der Waals surface area contributed by atoms with Gasteiger partial charge in [0, 0.05) is 19.3 Å². The lowest BCUT2D eigenvalue weighted by Gasteiger charge is -2.21. The van der Waals surface area contributed by atoms with Crippen molar-refractivity contribution in [1.29, 1.82) is 0 Å². The average molecular weight is 1460 g/mol. The maximum atomic E-state index is 13.0. The number of unbranched alkanes of at least 4 members (excludes halogenated alkanes) is 35. The van der Waals surface area contributed by atoms with E-state index in [2.05, 4.69) is 130 Å². The smallest absolute Gasteiger partial charge is 0.463 e. The van der Waals surface area contributed by atoms with E-state index in [4.69, 9.17) is 32.3 Å². The van der Waals surface area contributed by atoms with Gasteiger partial charge in [0.25, 0.3) is 0 Å². The zero-order chi connectivity index (χ0) is 73.7. The molecule has 16 nitrogen and oxygen atoms in total. The summed E-state index contributed by atoms with van der Waals surface area (Å²) in [5, 5.41) is 20.6. The summed E-state index contributed by atoms with van der Waals surface area (Å²) in [5.41, 5.74) is 0. The molecule has 0 aromatic carbocycles. The van der Waals surface area contributed by atoms with Gasteiger partial charge in [-0.1, -0.05) is 323 Å². The number of aliphatic hydroxyl groups is 2. The van der Waals surface area contributed by atoms with Crippen molar-refractivity contribution < 1.29 is 75.8 Å². The van der Waals surface area contributed by atoms with E-state index in [9.17, 15) is 43.5 Å². The number of carbonyl (C=O) groups excluding carboxylic acids is 3. The Balaban J connectivity index is 4.56. The SMILES string of the molecule is CC/C=C\C/C=C\C/C=C\C/C=C\C/C=C\CCCCCCCCCCCCCC(=O)OCC(O)COP(=O)(O)OCC(O)COP(=O)(O)OCC(COC(=O)CCCCCCCCC/C=C\C/C=C\C/C=C\C/C=C\CCCCC)OC(=O)CCCCCCCCCCCCCCCCC. The van der Waals surface area contributed by atoms with Gasteiger partial charge in [-0.3, -0.25) is 32.5 Å². The second kappa shape index (κ2) is 75.9. The first kappa shape index (κ1) is 97.2. The van der Waals surface area contributed by atoms with Crippen LogP contribution in [-0.4, -0.2) is 95.9 Å². The lowest BCUT2D eigenvalue weighted by atomic mass is 10.0. The van der Waals surface area contributed by atoms with Crippen LogP contribution in [0.5, 0.6) is 0 Å². The monoisotopic (exact) mass is 1460 g/mol. The molecule has 0 bridgehead atoms. The Labute approximate surface area is 615 Å². The highest BCUT2D eigenvalue weighted by Gasteiger charge is 2.29. The summed E-state index contributed by atoms with van der Waals surface area (Å²) in [4.78, 5) is 58.7. The van der Waals surface area contributed by atoms with E-state index >= 15 is 0 Å². The predicted octanol–water partition coefficient (Wildman–Crippen LogP) is 23.5. The number of allylic oxidation sites excluding steroid dienone is 18. The molecule has 0 aliphatic carbocycles. The Morgan fingerprint density at radius 3 is 0.851 bits per heavy atom. The molecule has 101 heavy (non-hydrogen) atoms. The second-order valence-electron chi connectivity index (χ2n) is 26.8. The van der Waals surface area contributed by atoms with Gasteiger partial charge in [0.15, 0.2) is 6.10 Å². The Kier molecular flexibility index (Phi) is 73.0. The van der Waals surface area contributed by atoms with E-state index in [-0.39, 0.29) is 19.3 Å². The first-order valence-electron chi connectivity index (χ1n) is 40.2. The molecule has 0 radical (unpaired) electrons. The molecule has 18 heteroatoms. The fourth-order valence-electron chi connectivity index (χ4n) is 10.9. The number of phosphoric acid groups is 2. The molecule has 4 N–H and O–H groups in total. The van der Waals surface area contributed by atoms with Gasteiger partial charge in [-0.2, -0.15) is 0 Å². The fraction of sp³-hybridized carbons (Fsp3) is 0.747. The van der Waals surface area contributed by atoms with Crippen LogP contribution < -0.4 is 0 Å². The second-order valence-corrected chi connectivity index (χ2v) is 29.8. The first-order chi connectivity index (χ1) is 49.2. The summed E-state index contributed by atoms with van der Waals surface area (Å²) in [7, 11) is -9.79. The molecule has 0 aliphatic heterocycles. The number of ether oxygens (including phenoxy) is 3. The summed E-state index contributed by atoms with van der Waals surface area (Å²) in [5.74, 6) is -1.58. The van der Waals surface area contributed by atoms with Crippen LogP contribution in [0.25, 0.3) is 0 Å². The Hall–Kier alpha value is -3.79. The van der Waals surface area contributed by atoms with Crippen LogP contribution in [0.1, 0.15) is 342 Å². The van der Waals surface area contributed by atoms with E-state index < -0.39 is 91.5 Å². The predicted molar refractivity (Wildman–Crippen MR) is 417 cm³/mol. The van der Waals surface area contributed by atoms with Gasteiger partial charge < -0.3 is 34.2 Å². The van der Waals surface area contributed by atoms with Crippen LogP contribution in [0.4, 0.5) is 0 Å². The lowest BCUT2D eigenvalue weighted by Crippen LogP contribution is -2.30. The maximum absolute atomic E-state index is 13.0. The van der Waals surface area contributed by atoms with Gasteiger partial charge >= 0.3 is 33.6 Å². The number of esters is 3. The molecular formula is C83H146O16P2. The van der Waals surface area contributed by atoms with E-state index in [0.717, 1.165) is 148 Å². The highest BCUT2D eigenvalue weighted by molar-refractivity contribution is 7.47. The number of phosphoric ester groups is 2. The third-order valence-electron chi connectivity index (χ3n) is 17.0. The minimum Gasteiger partial charge on any atom is -0.463 e. The third kappa shape index (κ3) is 77.1. The maximum Gasteiger partial charge on any atom is 0.472 e. The van der Waals surface area contributed by atoms with Crippen LogP contribution >= 0.6 is 15.6 Å². The molecule has 0 rings (SSSR count). The van der Waals surface area contributed by atoms with Gasteiger partial charge in [-0.25, -0.2) is 9.13 Å². The summed E-state index contributed by atoms with van der Waals surface area (Å²) in [6.45, 7) is 2.57. The number of carbonyl (C=O) groups is 3. The Morgan fingerprint density at radius 2 is 0.525 bits per heavy atom. The molecule has 0 saturated carbocycles. The van der Waals surface area contributed by atoms with E-state index in [1.807, 2.05) is 0 Å². The molecule has 584 valence electrons. The molecule has 0 saturated heterocycles. The highest BCUT2D eigenvalue weighted by Crippen LogP contribution is 2.45. The van der Waals surface area contributed by atoms with Crippen LogP contribution in [0, 0.1) is 0 Å². The van der Waals surface area contributed by atoms with Gasteiger partial charge in [-0.15, -0.1) is 0 Å². The topological polar surface area (TPSA) is 231 Å². The summed E-state index contributed by atoms with van der Waals surface area (Å²) >= 11 is 0. The minimum atomic E-state index is -4.93. The minimum absolute atomic E-state index is 0.105. The molecule has 0 amide bonds. The van der Waals surface area contributed by atoms with Crippen LogP contribution in [0.3, 0.4) is 0 Å². The van der Waals surface area contributed by atoms with Crippen molar-refractivity contribution in [3.63, 3.8) is 0 Å². The van der Waals surface area contributed by atoms with Crippen molar-refractivity contribution in [2.45, 2.75) is 360 Å². The fourth-order valence-corrected chi connectivity index (χ4v) is 12.5. The normalized spacial score (nSPS) is 14.6. The molecule has 0 heterocycles. The number of hydrogen-bond acceptors (Lipinski definition) is 14. The third-order valence-corrected chi connectivity index (χ3v) is 18.9. The van der Waals surface area contributed by atoms with Crippen molar-refractivity contribution >= 4 is 33.6 Å². The average Bonchev–Trinajstić information content (AvgIpc) is 0.951. The van der Waals surface area contributed by atoms with Gasteiger partial charge in [0.05, 0.1) is 26.4 Å². The summed E-state index contributed by atoms with van der Waals surface area (Å²) in [6, 6.07) is 0. The quantitative estimate of drug-likeness (QED) is 0.0146. The van der Waals surface area contributed by atoms with Crippen molar-refractivity contribution in [2.24, 2.45) is 0 Å². The highest BCUT2D eigenvalue weighted by atomic mass is 31.2. The zero-order valence-electron chi connectivity index (χ0n) is 63.8. The summed E-state index contributed by atoms with van der Waals surface area (Å²) < 4.78 is 61.2. The van der Waals surface area contributed by atoms with E-state index in [1.54, 1.807) is 0 Å². The van der Waals surface area contributed by atoms with Crippen molar-refractivity contribution in [3.05, 3.63) is 109 Å². The lowest BCUT2D eigenvalue weighted by molar-refractivity contribution is -0.161. The van der Waals surface area contributed by atoms with Crippen molar-refractivity contribution in [2.75, 3.05) is 39.6 Å². The molecule has 0 spiro atoms. The van der Waals surface area contributed by atoms with Gasteiger partial charge in [0.2, 0.25) is 0 Å². The Bertz CT molecular complexity index is 2270. The first-order valence-corrected chi connectivity index (χ1v) is 43.2. The molecule has 0 aromatic rings. The molecule has 5 unspecified atom stereocenters. The van der Waals surface area contributed by atoms with Crippen molar-refractivity contribution in [1.82, 2.24) is 0 Å². The van der Waals surface area contributed by atoms with E-state index in [0.29, 0.717) is 19.3 Å². The molecule has 5 atom stereocenters. The van der Waals surface area contributed by atoms with Crippen LogP contribution in [0.2, 0.25) is 0 Å². The van der Waals surface area contributed by atoms with E-state index in [1.165, 1.54) is 135 Å². The molecular weight excluding hydrogens is 1310 g/mol. The van der Waals surface area contributed by atoms with Crippen LogP contribution in [0.15, 0.2) is 109 Å². The van der Waals surface area contributed by atoms with Crippen LogP contribution in [-0.2, 0) is 55.8 Å². The zero-order valence-corrected chi connectivity index (χ0v) is 65.6. The molecule has 0 aromatic heterocycles. The molecule has 0 aliphatic rings. The standard InChI is InChI=1S/C83H146O16P2/c1-4-7-10-13-16-19-22-25-28-30-32-34-36-37-38-39-41-43-44-46-49-51-54-57-60-63-66-69-81(86)93-72-78(84)73-95-100(89,90)96-74-79(85)75-97-101(91,92)98-77-80(99-83(88)71-68-65-62-59-56-53-48-27-24-21-18-15-12-9-6-3)76-94-82(87)70-67-64-61-58-55-52-50-47-45-42-40-35-33-31-29-26-23-20-17-14-11-8-5-2/h7,10,16-17,19-20,25-26,28-29,32-35,37-38,42,45,78-80,84-85H,4-6,8-9,11-15,18,21-24,27,30-31,36,39-41,43-44,46-77H2,1-3H3,(H,89,90)(H,91,92)/b10-7-,19-16-,20-17-,28-25-,29-26-,34-32-,35-33-,38-37-,45-42-. The summed E-state index contributed by atoms with van der Waals surface area (Å²) in [6.07, 6.45) is 88.4. The Morgan fingerprint density at radius 1 is 0.287 bits per heavy atom. The van der Waals surface area contributed by atoms with Gasteiger partial charge in [0.1, 0.15) is 25.4 Å². The largest absolute Gasteiger partial charge is 0.472 e. The number of hydrogen-bond donors (Lipinski definition) is 4. The number of rotatable bonds is 76. The van der Waals surface area contributed by atoms with Gasteiger partial charge in [-0.05, 0) is 109 Å². The number of aliphatic hydroxyl groups excluding tert-OH is 2.